The molecule has 0 bridgehead atoms. The standard InChI is InChI=1S/C18H22O4S/c1-15-10-12-17(13-11-15)23(19,20)21-14-8-6-4-3-5-7-9-18-16(2)22-18/h4-8,10-14,16,18H,3,9H2,1-2H3/t16-,18+/m1/s1. The van der Waals surface area contributed by atoms with Gasteiger partial charge in [-0.15, -0.1) is 0 Å². The molecule has 0 aliphatic carbocycles. The molecule has 1 saturated heterocycles. The number of allylic oxidation sites excluding steroid dienone is 4. The first-order valence-electron chi connectivity index (χ1n) is 7.61. The number of epoxide rings is 1. The highest BCUT2D eigenvalue weighted by Gasteiger charge is 2.32. The van der Waals surface area contributed by atoms with Crippen molar-refractivity contribution in [1.82, 2.24) is 0 Å². The second kappa shape index (κ2) is 8.13. The Morgan fingerprint density at radius 3 is 2.48 bits per heavy atom. The van der Waals surface area contributed by atoms with E-state index in [-0.39, 0.29) is 4.90 Å². The Balaban J connectivity index is 1.70. The van der Waals surface area contributed by atoms with Gasteiger partial charge in [-0.3, -0.25) is 0 Å². The topological polar surface area (TPSA) is 55.9 Å². The maximum atomic E-state index is 11.9. The molecule has 0 N–H and O–H groups in total. The summed E-state index contributed by atoms with van der Waals surface area (Å²) in [7, 11) is -3.73. The Hall–Kier alpha value is -1.85. The average Bonchev–Trinajstić information content (AvgIpc) is 3.21. The number of ether oxygens (including phenoxy) is 1. The van der Waals surface area contributed by atoms with Crippen LogP contribution in [0, 0.1) is 6.92 Å². The fraction of sp³-hybridized carbons (Fsp3) is 0.333. The summed E-state index contributed by atoms with van der Waals surface area (Å²) in [4.78, 5) is 0.149. The molecule has 1 aromatic carbocycles. The van der Waals surface area contributed by atoms with Gasteiger partial charge in [-0.1, -0.05) is 42.0 Å². The Labute approximate surface area is 138 Å². The normalized spacial score (nSPS) is 21.5. The largest absolute Gasteiger partial charge is 0.387 e. The summed E-state index contributed by atoms with van der Waals surface area (Å²) < 4.78 is 33.9. The Morgan fingerprint density at radius 2 is 1.83 bits per heavy atom. The quantitative estimate of drug-likeness (QED) is 0.238. The predicted molar refractivity (Wildman–Crippen MR) is 90.4 cm³/mol. The molecule has 0 amide bonds. The van der Waals surface area contributed by atoms with Crippen LogP contribution in [0.3, 0.4) is 0 Å². The molecule has 0 radical (unpaired) electrons. The molecule has 124 valence electrons. The van der Waals surface area contributed by atoms with Crippen LogP contribution in [0.2, 0.25) is 0 Å². The minimum absolute atomic E-state index is 0.149. The van der Waals surface area contributed by atoms with E-state index in [0.29, 0.717) is 12.2 Å². The third-order valence-electron chi connectivity index (χ3n) is 3.46. The van der Waals surface area contributed by atoms with E-state index in [4.69, 9.17) is 8.92 Å². The highest BCUT2D eigenvalue weighted by atomic mass is 32.2. The van der Waals surface area contributed by atoms with Crippen LogP contribution in [0.15, 0.2) is 65.8 Å². The molecule has 23 heavy (non-hydrogen) atoms. The van der Waals surface area contributed by atoms with E-state index in [1.807, 2.05) is 13.0 Å². The molecule has 0 aromatic heterocycles. The van der Waals surface area contributed by atoms with E-state index in [1.165, 1.54) is 18.4 Å². The third kappa shape index (κ3) is 6.04. The van der Waals surface area contributed by atoms with Crippen LogP contribution in [-0.2, 0) is 19.0 Å². The van der Waals surface area contributed by atoms with Crippen molar-refractivity contribution in [3.05, 3.63) is 66.5 Å². The maximum Gasteiger partial charge on any atom is 0.338 e. The third-order valence-corrected chi connectivity index (χ3v) is 4.68. The first-order chi connectivity index (χ1) is 11.0. The molecular formula is C18H22O4S. The van der Waals surface area contributed by atoms with Crippen LogP contribution in [0.4, 0.5) is 0 Å². The fourth-order valence-corrected chi connectivity index (χ4v) is 2.74. The molecule has 0 saturated carbocycles. The van der Waals surface area contributed by atoms with Crippen molar-refractivity contribution in [2.24, 2.45) is 0 Å². The summed E-state index contributed by atoms with van der Waals surface area (Å²) in [5.74, 6) is 0. The monoisotopic (exact) mass is 334 g/mol. The zero-order valence-corrected chi connectivity index (χ0v) is 14.2. The molecule has 1 aliphatic heterocycles. The minimum Gasteiger partial charge on any atom is -0.387 e. The molecule has 4 nitrogen and oxygen atoms in total. The lowest BCUT2D eigenvalue weighted by molar-refractivity contribution is 0.380. The SMILES string of the molecule is Cc1ccc(S(=O)(=O)OC=CC=CCC=CC[C@@H]2O[C@@H]2C)cc1. The van der Waals surface area contributed by atoms with E-state index < -0.39 is 10.1 Å². The van der Waals surface area contributed by atoms with Gasteiger partial charge in [0.15, 0.2) is 0 Å². The van der Waals surface area contributed by atoms with Crippen LogP contribution in [0.5, 0.6) is 0 Å². The second-order valence-corrected chi connectivity index (χ2v) is 7.01. The van der Waals surface area contributed by atoms with Crippen molar-refractivity contribution in [2.75, 3.05) is 0 Å². The zero-order chi connectivity index (χ0) is 16.7. The molecule has 5 heteroatoms. The first kappa shape index (κ1) is 17.5. The second-order valence-electron chi connectivity index (χ2n) is 5.44. The number of benzene rings is 1. The van der Waals surface area contributed by atoms with E-state index >= 15 is 0 Å². The molecule has 0 spiro atoms. The molecule has 1 fully saturated rings. The molecule has 1 aromatic rings. The summed E-state index contributed by atoms with van der Waals surface area (Å²) >= 11 is 0. The predicted octanol–water partition coefficient (Wildman–Crippen LogP) is 3.89. The van der Waals surface area contributed by atoms with Crippen molar-refractivity contribution in [3.63, 3.8) is 0 Å². The van der Waals surface area contributed by atoms with Gasteiger partial charge < -0.3 is 8.92 Å². The molecule has 1 aliphatic rings. The first-order valence-corrected chi connectivity index (χ1v) is 9.02. The van der Waals surface area contributed by atoms with Gasteiger partial charge in [0.25, 0.3) is 0 Å². The molecule has 2 atom stereocenters. The van der Waals surface area contributed by atoms with E-state index in [1.54, 1.807) is 24.3 Å². The minimum atomic E-state index is -3.73. The van der Waals surface area contributed by atoms with Gasteiger partial charge in [0.05, 0.1) is 12.2 Å². The Bertz CT molecular complexity index is 684. The Morgan fingerprint density at radius 1 is 1.13 bits per heavy atom. The zero-order valence-electron chi connectivity index (χ0n) is 13.4. The van der Waals surface area contributed by atoms with Gasteiger partial charge >= 0.3 is 10.1 Å². The van der Waals surface area contributed by atoms with E-state index in [2.05, 4.69) is 19.1 Å². The van der Waals surface area contributed by atoms with Crippen molar-refractivity contribution in [2.45, 2.75) is 43.8 Å². The Kier molecular flexibility index (Phi) is 6.19. The van der Waals surface area contributed by atoms with Gasteiger partial charge in [0, 0.05) is 0 Å². The van der Waals surface area contributed by atoms with Gasteiger partial charge in [0.1, 0.15) is 11.2 Å². The van der Waals surface area contributed by atoms with E-state index in [0.717, 1.165) is 18.4 Å². The molecular weight excluding hydrogens is 312 g/mol. The molecule has 0 unspecified atom stereocenters. The summed E-state index contributed by atoms with van der Waals surface area (Å²) in [6.07, 6.45) is 13.1. The lowest BCUT2D eigenvalue weighted by atomic mass is 10.2. The highest BCUT2D eigenvalue weighted by Crippen LogP contribution is 2.24. The summed E-state index contributed by atoms with van der Waals surface area (Å²) in [5, 5.41) is 0. The van der Waals surface area contributed by atoms with Crippen LogP contribution in [0.1, 0.15) is 25.3 Å². The van der Waals surface area contributed by atoms with Gasteiger partial charge in [-0.2, -0.15) is 8.42 Å². The van der Waals surface area contributed by atoms with Gasteiger partial charge in [-0.25, -0.2) is 0 Å². The van der Waals surface area contributed by atoms with Crippen LogP contribution < -0.4 is 0 Å². The van der Waals surface area contributed by atoms with Gasteiger partial charge in [-0.05, 0) is 44.9 Å². The van der Waals surface area contributed by atoms with Crippen molar-refractivity contribution in [1.29, 1.82) is 0 Å². The smallest absolute Gasteiger partial charge is 0.338 e. The summed E-state index contributed by atoms with van der Waals surface area (Å²) in [6, 6.07) is 6.53. The lowest BCUT2D eigenvalue weighted by Gasteiger charge is -2.02. The maximum absolute atomic E-state index is 11.9. The van der Waals surface area contributed by atoms with E-state index in [9.17, 15) is 8.42 Å². The summed E-state index contributed by atoms with van der Waals surface area (Å²) in [5.41, 5.74) is 0.998. The van der Waals surface area contributed by atoms with Crippen LogP contribution in [-0.4, -0.2) is 20.6 Å². The summed E-state index contributed by atoms with van der Waals surface area (Å²) in [6.45, 7) is 3.96. The average molecular weight is 334 g/mol. The van der Waals surface area contributed by atoms with Crippen molar-refractivity contribution in [3.8, 4) is 0 Å². The number of hydrogen-bond donors (Lipinski definition) is 0. The molecule has 1 heterocycles. The van der Waals surface area contributed by atoms with Gasteiger partial charge in [0.2, 0.25) is 0 Å². The number of aryl methyl sites for hydroxylation is 1. The number of hydrogen-bond acceptors (Lipinski definition) is 4. The number of rotatable bonds is 8. The molecule has 2 rings (SSSR count). The fourth-order valence-electron chi connectivity index (χ4n) is 1.95. The van der Waals surface area contributed by atoms with Crippen LogP contribution in [0.25, 0.3) is 0 Å². The highest BCUT2D eigenvalue weighted by molar-refractivity contribution is 7.86. The van der Waals surface area contributed by atoms with Crippen molar-refractivity contribution >= 4 is 10.1 Å². The lowest BCUT2D eigenvalue weighted by Crippen LogP contribution is -2.01. The van der Waals surface area contributed by atoms with Crippen molar-refractivity contribution < 1.29 is 17.3 Å². The van der Waals surface area contributed by atoms with Crippen LogP contribution >= 0.6 is 0 Å².